The fourth-order valence-corrected chi connectivity index (χ4v) is 6.35. The van der Waals surface area contributed by atoms with Crippen molar-refractivity contribution in [3.05, 3.63) is 106 Å². The molecule has 0 aliphatic heterocycles. The molecule has 0 amide bonds. The van der Waals surface area contributed by atoms with E-state index in [2.05, 4.69) is 4.98 Å². The van der Waals surface area contributed by atoms with Gasteiger partial charge in [0.25, 0.3) is 0 Å². The summed E-state index contributed by atoms with van der Waals surface area (Å²) in [6.07, 6.45) is 2.77. The van der Waals surface area contributed by atoms with Crippen LogP contribution in [0, 0.1) is 18.6 Å². The van der Waals surface area contributed by atoms with Gasteiger partial charge in [0.2, 0.25) is 5.13 Å². The molecule has 6 rings (SSSR count). The van der Waals surface area contributed by atoms with E-state index in [9.17, 15) is 17.6 Å². The molecule has 0 bridgehead atoms. The second kappa shape index (κ2) is 12.4. The van der Waals surface area contributed by atoms with Gasteiger partial charge in [0.1, 0.15) is 11.6 Å². The first-order valence-corrected chi connectivity index (χ1v) is 16.3. The number of hydrogen-bond donors (Lipinski definition) is 1. The van der Waals surface area contributed by atoms with E-state index < -0.39 is 22.5 Å². The number of rotatable bonds is 10. The van der Waals surface area contributed by atoms with Crippen molar-refractivity contribution in [1.82, 2.24) is 14.8 Å². The predicted octanol–water partition coefficient (Wildman–Crippen LogP) is 7.25. The van der Waals surface area contributed by atoms with Crippen LogP contribution >= 0.6 is 11.3 Å². The van der Waals surface area contributed by atoms with Gasteiger partial charge in [0, 0.05) is 34.4 Å². The highest BCUT2D eigenvalue weighted by atomic mass is 32.2. The Bertz CT molecular complexity index is 1940. The number of ether oxygens (including phenoxy) is 1. The van der Waals surface area contributed by atoms with Gasteiger partial charge in [-0.25, -0.2) is 31.7 Å². The molecule has 0 spiro atoms. The lowest BCUT2D eigenvalue weighted by Gasteiger charge is -2.10. The van der Waals surface area contributed by atoms with Gasteiger partial charge in [-0.2, -0.15) is 5.10 Å². The number of thiazole rings is 1. The molecule has 3 aromatic carbocycles. The van der Waals surface area contributed by atoms with Crippen molar-refractivity contribution < 1.29 is 26.7 Å². The average Bonchev–Trinajstić information content (AvgIpc) is 3.60. The molecule has 11 heteroatoms. The van der Waals surface area contributed by atoms with Crippen molar-refractivity contribution in [2.24, 2.45) is 0 Å². The van der Waals surface area contributed by atoms with E-state index in [0.717, 1.165) is 35.2 Å². The summed E-state index contributed by atoms with van der Waals surface area (Å²) in [4.78, 5) is 16.7. The summed E-state index contributed by atoms with van der Waals surface area (Å²) in [6.45, 7) is 4.17. The molecule has 0 atom stereocenters. The molecule has 0 radical (unpaired) electrons. The molecule has 0 saturated heterocycles. The molecule has 1 fully saturated rings. The average molecular weight is 634 g/mol. The first kappa shape index (κ1) is 29.8. The maximum atomic E-state index is 15.2. The quantitative estimate of drug-likeness (QED) is 0.129. The largest absolute Gasteiger partial charge is 0.461 e. The van der Waals surface area contributed by atoms with Crippen LogP contribution in [0.3, 0.4) is 0 Å². The number of benzene rings is 3. The number of carbonyl (C=O) groups is 1. The minimum Gasteiger partial charge on any atom is -0.461 e. The minimum atomic E-state index is -3.07. The van der Waals surface area contributed by atoms with Gasteiger partial charge in [0.15, 0.2) is 16.4 Å². The SMILES string of the molecule is CCCOC(=O)c1csc(-n2nc(-c3ccc(F)c(-c4ccc(C)cc4)c3)c(Cc3ccc([SH](=O)=O)c(F)c3)c2C2CC2)n1. The van der Waals surface area contributed by atoms with Crippen LogP contribution < -0.4 is 0 Å². The van der Waals surface area contributed by atoms with Gasteiger partial charge < -0.3 is 4.74 Å². The molecule has 226 valence electrons. The Morgan fingerprint density at radius 1 is 1.02 bits per heavy atom. The Kier molecular flexibility index (Phi) is 8.42. The summed E-state index contributed by atoms with van der Waals surface area (Å²) in [5, 5.41) is 7.10. The number of nitrogens with zero attached hydrogens (tertiary/aromatic N) is 3. The number of carbonyl (C=O) groups excluding carboxylic acids is 1. The fourth-order valence-electron chi connectivity index (χ4n) is 5.16. The molecule has 0 unspecified atom stereocenters. The standard InChI is InChI=1S/C33H29F2N3O4S2/c1-3-14-42-32(39)28-18-43-33(36-28)38-31(22-9-10-22)25(15-20-6-13-29(44(40)41)27(35)16-20)30(37-38)23-11-12-26(34)24(17-23)21-7-4-19(2)5-8-21/h4-8,11-13,16-18,22,44H,3,9-10,14-15H2,1-2H3. The van der Waals surface area contributed by atoms with Gasteiger partial charge in [-0.3, -0.25) is 0 Å². The van der Waals surface area contributed by atoms with E-state index in [0.29, 0.717) is 40.5 Å². The molecule has 7 nitrogen and oxygen atoms in total. The maximum Gasteiger partial charge on any atom is 0.357 e. The van der Waals surface area contributed by atoms with Crippen LogP contribution in [-0.4, -0.2) is 35.8 Å². The lowest BCUT2D eigenvalue weighted by atomic mass is 9.95. The predicted molar refractivity (Wildman–Crippen MR) is 165 cm³/mol. The normalized spacial score (nSPS) is 13.0. The molecule has 1 saturated carbocycles. The highest BCUT2D eigenvalue weighted by molar-refractivity contribution is 7.72. The van der Waals surface area contributed by atoms with Crippen molar-refractivity contribution in [3.8, 4) is 27.5 Å². The van der Waals surface area contributed by atoms with Crippen LogP contribution in [0.5, 0.6) is 0 Å². The number of aryl methyl sites for hydroxylation is 1. The number of hydrogen-bond acceptors (Lipinski definition) is 7. The highest BCUT2D eigenvalue weighted by Crippen LogP contribution is 2.46. The van der Waals surface area contributed by atoms with Gasteiger partial charge in [-0.1, -0.05) is 42.8 Å². The van der Waals surface area contributed by atoms with E-state index in [1.807, 2.05) is 38.1 Å². The van der Waals surface area contributed by atoms with Crippen molar-refractivity contribution in [2.75, 3.05) is 6.61 Å². The van der Waals surface area contributed by atoms with Crippen LogP contribution in [0.25, 0.3) is 27.5 Å². The van der Waals surface area contributed by atoms with E-state index in [1.165, 1.54) is 29.5 Å². The third-order valence-corrected chi connectivity index (χ3v) is 9.07. The van der Waals surface area contributed by atoms with Gasteiger partial charge >= 0.3 is 5.97 Å². The summed E-state index contributed by atoms with van der Waals surface area (Å²) in [5.41, 5.74) is 5.87. The topological polar surface area (TPSA) is 91.2 Å². The van der Waals surface area contributed by atoms with Crippen LogP contribution in [0.1, 0.15) is 65.0 Å². The second-order valence-corrected chi connectivity index (χ2v) is 12.7. The van der Waals surface area contributed by atoms with E-state index in [4.69, 9.17) is 9.84 Å². The zero-order chi connectivity index (χ0) is 31.0. The Labute approximate surface area is 259 Å². The second-order valence-electron chi connectivity index (χ2n) is 10.8. The monoisotopic (exact) mass is 633 g/mol. The van der Waals surface area contributed by atoms with Crippen molar-refractivity contribution in [2.45, 2.75) is 50.3 Å². The highest BCUT2D eigenvalue weighted by Gasteiger charge is 2.34. The lowest BCUT2D eigenvalue weighted by molar-refractivity contribution is 0.0499. The molecule has 5 aromatic rings. The van der Waals surface area contributed by atoms with Gasteiger partial charge in [-0.15, -0.1) is 11.3 Å². The lowest BCUT2D eigenvalue weighted by Crippen LogP contribution is -2.08. The van der Waals surface area contributed by atoms with Crippen molar-refractivity contribution in [3.63, 3.8) is 0 Å². The molecule has 2 heterocycles. The zero-order valence-corrected chi connectivity index (χ0v) is 25.8. The number of aromatic nitrogens is 3. The molecular formula is C33H29F2N3O4S2. The summed E-state index contributed by atoms with van der Waals surface area (Å²) >= 11 is 1.26. The third kappa shape index (κ3) is 6.07. The van der Waals surface area contributed by atoms with Crippen LogP contribution in [0.4, 0.5) is 8.78 Å². The summed E-state index contributed by atoms with van der Waals surface area (Å²) in [6, 6.07) is 16.5. The van der Waals surface area contributed by atoms with E-state index in [-0.39, 0.29) is 28.7 Å². The molecule has 1 aliphatic carbocycles. The maximum absolute atomic E-state index is 15.2. The molecular weight excluding hydrogens is 605 g/mol. The first-order chi connectivity index (χ1) is 21.2. The van der Waals surface area contributed by atoms with Crippen molar-refractivity contribution >= 4 is 28.0 Å². The van der Waals surface area contributed by atoms with Crippen molar-refractivity contribution in [1.29, 1.82) is 0 Å². The van der Waals surface area contributed by atoms with Crippen LogP contribution in [-0.2, 0) is 21.9 Å². The zero-order valence-electron chi connectivity index (χ0n) is 24.0. The molecule has 2 aromatic heterocycles. The minimum absolute atomic E-state index is 0.155. The van der Waals surface area contributed by atoms with Gasteiger partial charge in [-0.05, 0) is 67.6 Å². The summed E-state index contributed by atoms with van der Waals surface area (Å²) < 4.78 is 59.8. The summed E-state index contributed by atoms with van der Waals surface area (Å²) in [7, 11) is -3.07. The van der Waals surface area contributed by atoms with E-state index in [1.54, 1.807) is 28.3 Å². The number of thiol groups is 1. The van der Waals surface area contributed by atoms with E-state index >= 15 is 4.39 Å². The van der Waals surface area contributed by atoms with Crippen LogP contribution in [0.2, 0.25) is 0 Å². The van der Waals surface area contributed by atoms with Gasteiger partial charge in [0.05, 0.1) is 22.9 Å². The Morgan fingerprint density at radius 2 is 1.77 bits per heavy atom. The number of halogens is 2. The Hall–Kier alpha value is -4.22. The smallest absolute Gasteiger partial charge is 0.357 e. The first-order valence-electron chi connectivity index (χ1n) is 14.3. The molecule has 0 N–H and O–H groups in total. The van der Waals surface area contributed by atoms with Crippen LogP contribution in [0.15, 0.2) is 70.9 Å². The molecule has 1 aliphatic rings. The summed E-state index contributed by atoms with van der Waals surface area (Å²) in [5.74, 6) is -1.55. The Balaban J connectivity index is 1.51. The third-order valence-electron chi connectivity index (χ3n) is 7.50. The molecule has 44 heavy (non-hydrogen) atoms. The Morgan fingerprint density at radius 3 is 2.45 bits per heavy atom. The number of esters is 1. The fraction of sp³-hybridized carbons (Fsp3) is 0.242.